The average Bonchev–Trinajstić information content (AvgIpc) is 2.51. The fraction of sp³-hybridized carbons (Fsp3) is 0.0769. The van der Waals surface area contributed by atoms with Crippen LogP contribution < -0.4 is 4.74 Å². The summed E-state index contributed by atoms with van der Waals surface area (Å²) in [6.07, 6.45) is -2.03. The van der Waals surface area contributed by atoms with Crippen molar-refractivity contribution in [2.75, 3.05) is 0 Å². The lowest BCUT2D eigenvalue weighted by atomic mass is 10.2. The molecule has 0 aliphatic carbocycles. The number of aliphatic hydroxyl groups excluding tert-OH is 1. The van der Waals surface area contributed by atoms with Crippen LogP contribution in [0.5, 0.6) is 5.75 Å². The normalized spacial score (nSPS) is 13.0. The van der Waals surface area contributed by atoms with Crippen molar-refractivity contribution in [1.29, 1.82) is 0 Å². The first-order chi connectivity index (χ1) is 11.9. The van der Waals surface area contributed by atoms with Gasteiger partial charge in [-0.05, 0) is 79.9 Å². The zero-order valence-corrected chi connectivity index (χ0v) is 19.2. The molecule has 0 aliphatic rings. The molecule has 1 atom stereocenters. The zero-order valence-electron chi connectivity index (χ0n) is 11.9. The third kappa shape index (κ3) is 4.36. The first-order valence-corrected chi connectivity index (χ1v) is 10.8. The van der Waals surface area contributed by atoms with Gasteiger partial charge < -0.3 is 14.4 Å². The highest BCUT2D eigenvalue weighted by molar-refractivity contribution is 14.1. The molecule has 2 aromatic rings. The summed E-state index contributed by atoms with van der Waals surface area (Å²) in [6.45, 7) is 0. The van der Waals surface area contributed by atoms with Crippen molar-refractivity contribution in [3.8, 4) is 5.75 Å². The van der Waals surface area contributed by atoms with Crippen LogP contribution in [0, 0.1) is 34.0 Å². The minimum Gasteiger partial charge on any atom is -0.744 e. The second kappa shape index (κ2) is 8.18. The van der Waals surface area contributed by atoms with Gasteiger partial charge in [-0.25, -0.2) is 17.2 Å². The molecule has 0 heterocycles. The van der Waals surface area contributed by atoms with Crippen LogP contribution in [0.4, 0.5) is 17.6 Å². The molecular formula is C13H4F4I3O5S-. The maximum atomic E-state index is 13.9. The quantitative estimate of drug-likeness (QED) is 0.169. The molecule has 142 valence electrons. The summed E-state index contributed by atoms with van der Waals surface area (Å²) in [5.74, 6) is -11.1. The lowest BCUT2D eigenvalue weighted by molar-refractivity contribution is -0.0266. The van der Waals surface area contributed by atoms with E-state index >= 15 is 0 Å². The minimum atomic E-state index is -5.83. The van der Waals surface area contributed by atoms with Gasteiger partial charge in [-0.15, -0.1) is 0 Å². The number of benzene rings is 2. The smallest absolute Gasteiger partial charge is 0.225 e. The summed E-state index contributed by atoms with van der Waals surface area (Å²) >= 11 is 5.65. The summed E-state index contributed by atoms with van der Waals surface area (Å²) in [4.78, 5) is -2.30. The molecule has 5 nitrogen and oxygen atoms in total. The number of hydrogen-bond acceptors (Lipinski definition) is 5. The molecule has 0 saturated heterocycles. The number of rotatable bonds is 4. The van der Waals surface area contributed by atoms with Gasteiger partial charge in [-0.1, -0.05) is 0 Å². The van der Waals surface area contributed by atoms with E-state index in [-0.39, 0.29) is 5.56 Å². The van der Waals surface area contributed by atoms with E-state index < -0.39 is 50.3 Å². The Morgan fingerprint density at radius 1 is 1.00 bits per heavy atom. The standard InChI is InChI=1S/C13H5F4I3O5S/c14-6-8(16)12(26(22,23)24)9(17)7(15)11(6)25-13(21)4-1-3(18)2-5(19)10(4)20/h1-2,13,21H,(H,22,23,24)/p-1. The van der Waals surface area contributed by atoms with Crippen LogP contribution in [-0.4, -0.2) is 18.1 Å². The van der Waals surface area contributed by atoms with Crippen molar-refractivity contribution < 1.29 is 40.4 Å². The largest absolute Gasteiger partial charge is 0.744 e. The lowest BCUT2D eigenvalue weighted by Gasteiger charge is -2.19. The van der Waals surface area contributed by atoms with E-state index in [9.17, 15) is 35.6 Å². The molecule has 13 heteroatoms. The molecule has 0 aromatic heterocycles. The molecule has 0 amide bonds. The Morgan fingerprint density at radius 2 is 1.50 bits per heavy atom. The zero-order chi connectivity index (χ0) is 20.0. The molecule has 2 aromatic carbocycles. The third-order valence-corrected chi connectivity index (χ3v) is 7.52. The van der Waals surface area contributed by atoms with E-state index in [1.807, 2.05) is 67.8 Å². The van der Waals surface area contributed by atoms with Crippen LogP contribution in [0.25, 0.3) is 0 Å². The van der Waals surface area contributed by atoms with Crippen molar-refractivity contribution in [3.63, 3.8) is 0 Å². The van der Waals surface area contributed by atoms with Gasteiger partial charge in [0.1, 0.15) is 15.0 Å². The molecule has 0 bridgehead atoms. The summed E-state index contributed by atoms with van der Waals surface area (Å²) < 4.78 is 94.1. The first-order valence-electron chi connectivity index (χ1n) is 6.17. The number of hydrogen-bond donors (Lipinski definition) is 1. The predicted octanol–water partition coefficient (Wildman–Crippen LogP) is 4.03. The van der Waals surface area contributed by atoms with Gasteiger partial charge in [0.15, 0.2) is 11.6 Å². The fourth-order valence-electron chi connectivity index (χ4n) is 1.85. The average molecular weight is 729 g/mol. The Labute approximate surface area is 185 Å². The predicted molar refractivity (Wildman–Crippen MR) is 104 cm³/mol. The van der Waals surface area contributed by atoms with E-state index in [1.165, 1.54) is 6.07 Å². The van der Waals surface area contributed by atoms with Crippen LogP contribution in [0.1, 0.15) is 11.9 Å². The van der Waals surface area contributed by atoms with Crippen LogP contribution in [0.2, 0.25) is 0 Å². The highest BCUT2D eigenvalue weighted by Crippen LogP contribution is 2.36. The lowest BCUT2D eigenvalue weighted by Crippen LogP contribution is -2.16. The van der Waals surface area contributed by atoms with Gasteiger partial charge in [0.25, 0.3) is 0 Å². The molecule has 0 fully saturated rings. The molecule has 0 saturated carbocycles. The summed E-state index contributed by atoms with van der Waals surface area (Å²) in [5.41, 5.74) is 0.0574. The van der Waals surface area contributed by atoms with Gasteiger partial charge >= 0.3 is 0 Å². The van der Waals surface area contributed by atoms with Gasteiger partial charge in [0.05, 0.1) is 0 Å². The summed E-state index contributed by atoms with van der Waals surface area (Å²) in [6, 6.07) is 3.14. The fourth-order valence-corrected chi connectivity index (χ4v) is 4.93. The molecule has 0 radical (unpaired) electrons. The number of ether oxygens (including phenoxy) is 1. The first kappa shape index (κ1) is 22.3. The van der Waals surface area contributed by atoms with Crippen molar-refractivity contribution in [1.82, 2.24) is 0 Å². The molecule has 2 rings (SSSR count). The summed E-state index contributed by atoms with van der Waals surface area (Å²) in [7, 11) is -5.83. The Bertz CT molecular complexity index is 971. The molecule has 1 N–H and O–H groups in total. The maximum Gasteiger partial charge on any atom is 0.225 e. The van der Waals surface area contributed by atoms with Gasteiger partial charge in [-0.3, -0.25) is 0 Å². The Hall–Kier alpha value is 0.0200. The topological polar surface area (TPSA) is 86.7 Å². The van der Waals surface area contributed by atoms with Crippen LogP contribution in [0.15, 0.2) is 17.0 Å². The Morgan fingerprint density at radius 3 is 1.96 bits per heavy atom. The van der Waals surface area contributed by atoms with Gasteiger partial charge in [0, 0.05) is 16.3 Å². The van der Waals surface area contributed by atoms with E-state index in [0.717, 1.165) is 0 Å². The maximum absolute atomic E-state index is 13.9. The van der Waals surface area contributed by atoms with Gasteiger partial charge in [-0.2, -0.15) is 8.78 Å². The molecular weight excluding hydrogens is 725 g/mol. The van der Waals surface area contributed by atoms with Crippen LogP contribution in [0.3, 0.4) is 0 Å². The van der Waals surface area contributed by atoms with Crippen LogP contribution in [-0.2, 0) is 10.1 Å². The third-order valence-electron chi connectivity index (χ3n) is 2.95. The van der Waals surface area contributed by atoms with Crippen molar-refractivity contribution in [2.45, 2.75) is 11.2 Å². The molecule has 0 aliphatic heterocycles. The second-order valence-corrected chi connectivity index (χ2v) is 9.43. The SMILES string of the molecule is O=S(=O)([O-])c1c(F)c(F)c(OC(O)c2cc(I)cc(I)c2I)c(F)c1F. The second-order valence-electron chi connectivity index (χ2n) is 4.63. The number of aliphatic hydroxyl groups is 1. The molecule has 1 unspecified atom stereocenters. The molecule has 0 spiro atoms. The highest BCUT2D eigenvalue weighted by Gasteiger charge is 2.31. The minimum absolute atomic E-state index is 0.0574. The van der Waals surface area contributed by atoms with E-state index in [4.69, 9.17) is 0 Å². The van der Waals surface area contributed by atoms with Crippen molar-refractivity contribution in [2.24, 2.45) is 0 Å². The van der Waals surface area contributed by atoms with E-state index in [0.29, 0.717) is 10.7 Å². The van der Waals surface area contributed by atoms with E-state index in [2.05, 4.69) is 4.74 Å². The Kier molecular flexibility index (Phi) is 7.02. The summed E-state index contributed by atoms with van der Waals surface area (Å²) in [5, 5.41) is 10.1. The van der Waals surface area contributed by atoms with Gasteiger partial charge in [0.2, 0.25) is 23.7 Å². The Balaban J connectivity index is 2.58. The number of halogens is 7. The highest BCUT2D eigenvalue weighted by atomic mass is 127. The monoisotopic (exact) mass is 729 g/mol. The van der Waals surface area contributed by atoms with Crippen molar-refractivity contribution >= 4 is 77.9 Å². The molecule has 26 heavy (non-hydrogen) atoms. The van der Waals surface area contributed by atoms with E-state index in [1.54, 1.807) is 6.07 Å². The van der Waals surface area contributed by atoms with Crippen molar-refractivity contribution in [3.05, 3.63) is 51.7 Å². The van der Waals surface area contributed by atoms with Crippen LogP contribution >= 0.6 is 67.8 Å².